The molecule has 1 aromatic heterocycles. The van der Waals surface area contributed by atoms with E-state index in [1.165, 1.54) is 23.1 Å². The first-order valence-electron chi connectivity index (χ1n) is 6.36. The maximum Gasteiger partial charge on any atom is 0.131 e. The summed E-state index contributed by atoms with van der Waals surface area (Å²) < 4.78 is 27.5. The van der Waals surface area contributed by atoms with Gasteiger partial charge in [-0.25, -0.2) is 8.78 Å². The predicted octanol–water partition coefficient (Wildman–Crippen LogP) is 4.18. The van der Waals surface area contributed by atoms with Crippen LogP contribution < -0.4 is 0 Å². The van der Waals surface area contributed by atoms with E-state index < -0.39 is 17.7 Å². The number of benzene rings is 1. The van der Waals surface area contributed by atoms with Gasteiger partial charge in [0.25, 0.3) is 0 Å². The molecule has 100 valence electrons. The highest BCUT2D eigenvalue weighted by molar-refractivity contribution is 7.10. The third kappa shape index (κ3) is 2.19. The number of aliphatic hydroxyl groups excluding tert-OH is 1. The van der Waals surface area contributed by atoms with E-state index in [1.54, 1.807) is 11.3 Å². The number of fused-ring (bicyclic) bond motifs is 1. The van der Waals surface area contributed by atoms with E-state index in [9.17, 15) is 13.9 Å². The summed E-state index contributed by atoms with van der Waals surface area (Å²) >= 11 is 1.65. The Hall–Kier alpha value is -1.26. The molecule has 2 aromatic rings. The molecule has 1 N–H and O–H groups in total. The molecule has 1 aromatic carbocycles. The van der Waals surface area contributed by atoms with Crippen LogP contribution in [0.3, 0.4) is 0 Å². The van der Waals surface area contributed by atoms with E-state index in [1.807, 2.05) is 11.4 Å². The van der Waals surface area contributed by atoms with E-state index >= 15 is 0 Å². The van der Waals surface area contributed by atoms with E-state index in [0.29, 0.717) is 0 Å². The summed E-state index contributed by atoms with van der Waals surface area (Å²) in [6.07, 6.45) is 1.59. The zero-order chi connectivity index (χ0) is 13.4. The minimum absolute atomic E-state index is 0.202. The van der Waals surface area contributed by atoms with E-state index in [4.69, 9.17) is 0 Å². The molecular weight excluding hydrogens is 266 g/mol. The number of halogens is 2. The summed E-state index contributed by atoms with van der Waals surface area (Å²) in [5.41, 5.74) is 0.845. The lowest BCUT2D eigenvalue weighted by Gasteiger charge is -2.27. The summed E-state index contributed by atoms with van der Waals surface area (Å²) in [7, 11) is 0. The molecule has 4 heteroatoms. The van der Waals surface area contributed by atoms with Crippen LogP contribution in [0.15, 0.2) is 29.6 Å². The second-order valence-corrected chi connectivity index (χ2v) is 5.88. The maximum absolute atomic E-state index is 13.8. The molecule has 2 unspecified atom stereocenters. The Morgan fingerprint density at radius 3 is 2.68 bits per heavy atom. The Morgan fingerprint density at radius 2 is 1.95 bits per heavy atom. The van der Waals surface area contributed by atoms with Crippen molar-refractivity contribution in [1.29, 1.82) is 0 Å². The van der Waals surface area contributed by atoms with Gasteiger partial charge in [0.15, 0.2) is 0 Å². The molecule has 0 radical (unpaired) electrons. The van der Waals surface area contributed by atoms with Crippen molar-refractivity contribution in [2.75, 3.05) is 0 Å². The third-order valence-corrected chi connectivity index (χ3v) is 4.77. The molecule has 1 heterocycles. The van der Waals surface area contributed by atoms with Crippen LogP contribution in [0, 0.1) is 11.6 Å². The highest BCUT2D eigenvalue weighted by Crippen LogP contribution is 2.43. The maximum atomic E-state index is 13.8. The van der Waals surface area contributed by atoms with Gasteiger partial charge < -0.3 is 5.11 Å². The zero-order valence-corrected chi connectivity index (χ0v) is 11.1. The fraction of sp³-hybridized carbons (Fsp3) is 0.333. The van der Waals surface area contributed by atoms with Crippen LogP contribution in [0.1, 0.15) is 40.9 Å². The van der Waals surface area contributed by atoms with Crippen molar-refractivity contribution in [1.82, 2.24) is 0 Å². The van der Waals surface area contributed by atoms with Crippen LogP contribution in [-0.2, 0) is 6.42 Å². The van der Waals surface area contributed by atoms with Gasteiger partial charge >= 0.3 is 0 Å². The molecule has 3 rings (SSSR count). The lowest BCUT2D eigenvalue weighted by molar-refractivity contribution is 0.128. The first-order valence-corrected chi connectivity index (χ1v) is 7.24. The number of thiophene rings is 1. The summed E-state index contributed by atoms with van der Waals surface area (Å²) in [5, 5.41) is 12.4. The van der Waals surface area contributed by atoms with Crippen LogP contribution >= 0.6 is 11.3 Å². The predicted molar refractivity (Wildman–Crippen MR) is 71.3 cm³/mol. The van der Waals surface area contributed by atoms with Crippen LogP contribution in [0.4, 0.5) is 8.78 Å². The first-order chi connectivity index (χ1) is 9.18. The number of rotatable bonds is 2. The van der Waals surface area contributed by atoms with Crippen molar-refractivity contribution >= 4 is 11.3 Å². The van der Waals surface area contributed by atoms with Crippen molar-refractivity contribution in [2.45, 2.75) is 31.3 Å². The normalized spacial score (nSPS) is 20.1. The highest BCUT2D eigenvalue weighted by Gasteiger charge is 2.31. The van der Waals surface area contributed by atoms with Crippen LogP contribution in [0.25, 0.3) is 0 Å². The molecule has 0 bridgehead atoms. The Kier molecular flexibility index (Phi) is 3.37. The van der Waals surface area contributed by atoms with Crippen LogP contribution in [-0.4, -0.2) is 5.11 Å². The van der Waals surface area contributed by atoms with Gasteiger partial charge in [0.05, 0.1) is 11.7 Å². The molecule has 1 nitrogen and oxygen atoms in total. The van der Waals surface area contributed by atoms with Gasteiger partial charge in [-0.05, 0) is 48.4 Å². The van der Waals surface area contributed by atoms with E-state index in [-0.39, 0.29) is 11.5 Å². The average molecular weight is 280 g/mol. The molecule has 19 heavy (non-hydrogen) atoms. The van der Waals surface area contributed by atoms with Crippen molar-refractivity contribution in [3.05, 3.63) is 57.3 Å². The quantitative estimate of drug-likeness (QED) is 0.875. The average Bonchev–Trinajstić information content (AvgIpc) is 2.86. The van der Waals surface area contributed by atoms with Crippen LogP contribution in [0.2, 0.25) is 0 Å². The summed E-state index contributed by atoms with van der Waals surface area (Å²) in [5.74, 6) is -1.55. The molecule has 0 amide bonds. The number of hydrogen-bond acceptors (Lipinski definition) is 2. The van der Waals surface area contributed by atoms with E-state index in [2.05, 4.69) is 0 Å². The second-order valence-electron chi connectivity index (χ2n) is 4.88. The second kappa shape index (κ2) is 5.02. The SMILES string of the molecule is OC(c1c(F)cccc1F)C1CCCc2sccc21. The lowest BCUT2D eigenvalue weighted by atomic mass is 9.81. The van der Waals surface area contributed by atoms with Gasteiger partial charge in [-0.3, -0.25) is 0 Å². The molecular formula is C15H14F2OS. The van der Waals surface area contributed by atoms with Gasteiger partial charge in [-0.2, -0.15) is 0 Å². The van der Waals surface area contributed by atoms with Crippen molar-refractivity contribution in [3.63, 3.8) is 0 Å². The smallest absolute Gasteiger partial charge is 0.131 e. The summed E-state index contributed by atoms with van der Waals surface area (Å²) in [6, 6.07) is 5.67. The third-order valence-electron chi connectivity index (χ3n) is 3.77. The molecule has 0 fully saturated rings. The molecule has 2 atom stereocenters. The van der Waals surface area contributed by atoms with Gasteiger partial charge in [0.1, 0.15) is 11.6 Å². The van der Waals surface area contributed by atoms with Gasteiger partial charge in [-0.15, -0.1) is 11.3 Å². The molecule has 0 saturated heterocycles. The topological polar surface area (TPSA) is 20.2 Å². The van der Waals surface area contributed by atoms with Crippen molar-refractivity contribution in [3.8, 4) is 0 Å². The molecule has 1 aliphatic rings. The number of aryl methyl sites for hydroxylation is 1. The van der Waals surface area contributed by atoms with Crippen molar-refractivity contribution < 1.29 is 13.9 Å². The number of aliphatic hydroxyl groups is 1. The standard InChI is InChI=1S/C15H14F2OS/c16-11-4-2-5-12(17)14(11)15(18)10-3-1-6-13-9(10)7-8-19-13/h2,4-5,7-8,10,15,18H,1,3,6H2. The van der Waals surface area contributed by atoms with Gasteiger partial charge in [0.2, 0.25) is 0 Å². The zero-order valence-electron chi connectivity index (χ0n) is 10.3. The minimum atomic E-state index is -1.12. The Balaban J connectivity index is 2.00. The fourth-order valence-corrected chi connectivity index (χ4v) is 3.84. The summed E-state index contributed by atoms with van der Waals surface area (Å²) in [6.45, 7) is 0. The molecule has 0 aliphatic heterocycles. The summed E-state index contributed by atoms with van der Waals surface area (Å²) in [4.78, 5) is 1.23. The first kappa shape index (κ1) is 12.8. The number of hydrogen-bond donors (Lipinski definition) is 1. The molecule has 1 aliphatic carbocycles. The van der Waals surface area contributed by atoms with Crippen molar-refractivity contribution in [2.24, 2.45) is 0 Å². The monoisotopic (exact) mass is 280 g/mol. The largest absolute Gasteiger partial charge is 0.388 e. The minimum Gasteiger partial charge on any atom is -0.388 e. The van der Waals surface area contributed by atoms with E-state index in [0.717, 1.165) is 24.8 Å². The Labute approximate surface area is 114 Å². The Bertz CT molecular complexity index is 573. The van der Waals surface area contributed by atoms with Crippen LogP contribution in [0.5, 0.6) is 0 Å². The fourth-order valence-electron chi connectivity index (χ4n) is 2.84. The molecule has 0 saturated carbocycles. The molecule has 0 spiro atoms. The Morgan fingerprint density at radius 1 is 1.21 bits per heavy atom. The highest BCUT2D eigenvalue weighted by atomic mass is 32.1. The van der Waals surface area contributed by atoms with Gasteiger partial charge in [0, 0.05) is 10.8 Å². The van der Waals surface area contributed by atoms with Gasteiger partial charge in [-0.1, -0.05) is 6.07 Å². The lowest BCUT2D eigenvalue weighted by Crippen LogP contribution is -2.17.